The van der Waals surface area contributed by atoms with Crippen LogP contribution in [-0.4, -0.2) is 10.5 Å². The first-order valence-corrected chi connectivity index (χ1v) is 12.2. The lowest BCUT2D eigenvalue weighted by Gasteiger charge is -2.21. The Labute approximate surface area is 212 Å². The molecule has 4 aromatic rings. The molecule has 7 nitrogen and oxygen atoms in total. The molecule has 190 valence electrons. The van der Waals surface area contributed by atoms with Crippen molar-refractivity contribution in [2.24, 2.45) is 0 Å². The van der Waals surface area contributed by atoms with Crippen LogP contribution in [-0.2, 0) is 4.79 Å². The number of rotatable bonds is 5. The maximum Gasteiger partial charge on any atom is 0.341 e. The molecular weight excluding hydrogens is 473 g/mol. The van der Waals surface area contributed by atoms with E-state index in [1.165, 1.54) is 13.0 Å². The highest BCUT2D eigenvalue weighted by Crippen LogP contribution is 2.42. The number of nitrogens with one attached hydrogen (secondary N) is 2. The summed E-state index contributed by atoms with van der Waals surface area (Å²) in [5, 5.41) is 6.05. The SMILES string of the molecule is CC(=O)Nc1cccc(-c2c(C)n(C3CC3)c(=O)c3c(Nc4ccc(C)cc4F)c(C)c(=O)oc23)c1C. The fraction of sp³-hybridized carbons (Fsp3) is 0.276. The fourth-order valence-corrected chi connectivity index (χ4v) is 4.89. The highest BCUT2D eigenvalue weighted by atomic mass is 19.1. The van der Waals surface area contributed by atoms with Gasteiger partial charge in [-0.1, -0.05) is 18.2 Å². The predicted octanol–water partition coefficient (Wildman–Crippen LogP) is 6.03. The van der Waals surface area contributed by atoms with E-state index in [2.05, 4.69) is 10.6 Å². The number of carbonyl (C=O) groups is 1. The first-order valence-electron chi connectivity index (χ1n) is 12.2. The molecule has 0 unspecified atom stereocenters. The van der Waals surface area contributed by atoms with Gasteiger partial charge in [-0.25, -0.2) is 9.18 Å². The summed E-state index contributed by atoms with van der Waals surface area (Å²) in [6.07, 6.45) is 1.73. The number of anilines is 3. The average Bonchev–Trinajstić information content (AvgIpc) is 3.65. The smallest absolute Gasteiger partial charge is 0.341 e. The number of halogens is 1. The van der Waals surface area contributed by atoms with Gasteiger partial charge in [0.1, 0.15) is 11.2 Å². The number of amides is 1. The zero-order valence-electron chi connectivity index (χ0n) is 21.4. The molecular formula is C29H28FN3O4. The Balaban J connectivity index is 1.88. The molecule has 1 aliphatic rings. The largest absolute Gasteiger partial charge is 0.421 e. The number of hydrogen-bond acceptors (Lipinski definition) is 5. The Morgan fingerprint density at radius 2 is 1.76 bits per heavy atom. The van der Waals surface area contributed by atoms with Crippen molar-refractivity contribution in [2.45, 2.75) is 53.5 Å². The molecule has 2 N–H and O–H groups in total. The minimum Gasteiger partial charge on any atom is -0.421 e. The van der Waals surface area contributed by atoms with E-state index in [1.807, 2.05) is 19.9 Å². The van der Waals surface area contributed by atoms with Crippen molar-refractivity contribution in [1.82, 2.24) is 4.57 Å². The van der Waals surface area contributed by atoms with Crippen LogP contribution >= 0.6 is 0 Å². The van der Waals surface area contributed by atoms with Crippen molar-refractivity contribution in [3.8, 4) is 11.1 Å². The van der Waals surface area contributed by atoms with Gasteiger partial charge in [0.05, 0.1) is 16.9 Å². The standard InChI is InChI=1S/C29H28FN3O4/c1-14-9-12-23(21(30)13-14)32-26-16(3)29(36)37-27-24(17(4)33(19-10-11-19)28(35)25(26)27)20-7-6-8-22(15(20)2)31-18(5)34/h6-9,12-13,19,32H,10-11H2,1-5H3,(H,31,34). The van der Waals surface area contributed by atoms with Gasteiger partial charge in [-0.3, -0.25) is 9.59 Å². The van der Waals surface area contributed by atoms with Crippen LogP contribution in [0.2, 0.25) is 0 Å². The molecule has 5 rings (SSSR count). The zero-order valence-corrected chi connectivity index (χ0v) is 21.4. The minimum absolute atomic E-state index is 0.0330. The normalized spacial score (nSPS) is 13.1. The van der Waals surface area contributed by atoms with Crippen molar-refractivity contribution in [1.29, 1.82) is 0 Å². The summed E-state index contributed by atoms with van der Waals surface area (Å²) in [5.41, 5.74) is 3.91. The van der Waals surface area contributed by atoms with E-state index in [4.69, 9.17) is 4.42 Å². The van der Waals surface area contributed by atoms with Crippen LogP contribution in [0.25, 0.3) is 22.1 Å². The first kappa shape index (κ1) is 24.5. The van der Waals surface area contributed by atoms with Crippen LogP contribution in [0.3, 0.4) is 0 Å². The third-order valence-electron chi connectivity index (χ3n) is 6.95. The summed E-state index contributed by atoms with van der Waals surface area (Å²) < 4.78 is 22.4. The van der Waals surface area contributed by atoms with Gasteiger partial charge < -0.3 is 19.6 Å². The Morgan fingerprint density at radius 1 is 1.03 bits per heavy atom. The van der Waals surface area contributed by atoms with Gasteiger partial charge in [0.2, 0.25) is 5.91 Å². The molecule has 0 radical (unpaired) electrons. The van der Waals surface area contributed by atoms with Crippen molar-refractivity contribution >= 4 is 33.9 Å². The van der Waals surface area contributed by atoms with Gasteiger partial charge in [-0.05, 0) is 75.4 Å². The first-order chi connectivity index (χ1) is 17.6. The molecule has 2 aromatic heterocycles. The second-order valence-electron chi connectivity index (χ2n) is 9.73. The molecule has 1 fully saturated rings. The van der Waals surface area contributed by atoms with E-state index < -0.39 is 11.4 Å². The lowest BCUT2D eigenvalue weighted by atomic mass is 9.95. The van der Waals surface area contributed by atoms with E-state index in [0.29, 0.717) is 16.9 Å². The highest BCUT2D eigenvalue weighted by molar-refractivity contribution is 6.02. The number of aromatic nitrogens is 1. The summed E-state index contributed by atoms with van der Waals surface area (Å²) in [6, 6.07) is 10.2. The Morgan fingerprint density at radius 3 is 2.41 bits per heavy atom. The molecule has 1 saturated carbocycles. The number of nitrogens with zero attached hydrogens (tertiary/aromatic N) is 1. The van der Waals surface area contributed by atoms with E-state index >= 15 is 0 Å². The van der Waals surface area contributed by atoms with E-state index in [0.717, 1.165) is 29.5 Å². The van der Waals surface area contributed by atoms with Crippen LogP contribution in [0.1, 0.15) is 48.2 Å². The number of benzene rings is 2. The molecule has 0 aliphatic heterocycles. The fourth-order valence-electron chi connectivity index (χ4n) is 4.89. The second kappa shape index (κ2) is 9.03. The minimum atomic E-state index is -0.623. The topological polar surface area (TPSA) is 93.3 Å². The maximum absolute atomic E-state index is 14.8. The highest BCUT2D eigenvalue weighted by Gasteiger charge is 2.31. The molecule has 8 heteroatoms. The van der Waals surface area contributed by atoms with Gasteiger partial charge >= 0.3 is 5.63 Å². The van der Waals surface area contributed by atoms with E-state index in [-0.39, 0.29) is 45.4 Å². The summed E-state index contributed by atoms with van der Waals surface area (Å²) >= 11 is 0. The Bertz CT molecular complexity index is 1710. The third kappa shape index (κ3) is 4.22. The summed E-state index contributed by atoms with van der Waals surface area (Å²) in [6.45, 7) is 8.48. The predicted molar refractivity (Wildman–Crippen MR) is 143 cm³/mol. The number of pyridine rings is 1. The molecule has 0 saturated heterocycles. The summed E-state index contributed by atoms with van der Waals surface area (Å²) in [7, 11) is 0. The number of carbonyl (C=O) groups excluding carboxylic acids is 1. The van der Waals surface area contributed by atoms with E-state index in [1.54, 1.807) is 42.7 Å². The van der Waals surface area contributed by atoms with Gasteiger partial charge in [-0.2, -0.15) is 0 Å². The third-order valence-corrected chi connectivity index (χ3v) is 6.95. The Kier molecular flexibility index (Phi) is 5.98. The summed E-state index contributed by atoms with van der Waals surface area (Å²) in [4.78, 5) is 38.8. The molecule has 1 amide bonds. The monoisotopic (exact) mass is 501 g/mol. The second-order valence-corrected chi connectivity index (χ2v) is 9.73. The van der Waals surface area contributed by atoms with Crippen molar-refractivity contribution in [3.63, 3.8) is 0 Å². The molecule has 1 aliphatic carbocycles. The molecule has 2 heterocycles. The van der Waals surface area contributed by atoms with Crippen LogP contribution in [0, 0.1) is 33.5 Å². The van der Waals surface area contributed by atoms with Crippen molar-refractivity contribution < 1.29 is 13.6 Å². The molecule has 0 spiro atoms. The maximum atomic E-state index is 14.8. The van der Waals surface area contributed by atoms with Gasteiger partial charge in [0.25, 0.3) is 5.56 Å². The van der Waals surface area contributed by atoms with Crippen LogP contribution in [0.4, 0.5) is 21.5 Å². The van der Waals surface area contributed by atoms with Gasteiger partial charge in [-0.15, -0.1) is 0 Å². The van der Waals surface area contributed by atoms with E-state index in [9.17, 15) is 18.8 Å². The average molecular weight is 502 g/mol. The van der Waals surface area contributed by atoms with Crippen LogP contribution in [0.5, 0.6) is 0 Å². The van der Waals surface area contributed by atoms with Crippen molar-refractivity contribution in [3.05, 3.63) is 85.4 Å². The Hall–Kier alpha value is -4.20. The molecule has 0 bridgehead atoms. The van der Waals surface area contributed by atoms with Crippen LogP contribution in [0.15, 0.2) is 50.4 Å². The van der Waals surface area contributed by atoms with Gasteiger partial charge in [0.15, 0.2) is 5.58 Å². The number of hydrogen-bond donors (Lipinski definition) is 2. The lowest BCUT2D eigenvalue weighted by molar-refractivity contribution is -0.114. The zero-order chi connectivity index (χ0) is 26.6. The van der Waals surface area contributed by atoms with Gasteiger partial charge in [0, 0.05) is 29.9 Å². The molecule has 2 aromatic carbocycles. The quantitative estimate of drug-likeness (QED) is 0.348. The molecule has 37 heavy (non-hydrogen) atoms. The van der Waals surface area contributed by atoms with Crippen LogP contribution < -0.4 is 21.8 Å². The summed E-state index contributed by atoms with van der Waals surface area (Å²) in [5.74, 6) is -0.701. The number of aryl methyl sites for hydroxylation is 1. The lowest BCUT2D eigenvalue weighted by Crippen LogP contribution is -2.25. The van der Waals surface area contributed by atoms with Crippen molar-refractivity contribution in [2.75, 3.05) is 10.6 Å². The molecule has 0 atom stereocenters. The number of fused-ring (bicyclic) bond motifs is 1.